The zero-order valence-electron chi connectivity index (χ0n) is 26.8. The van der Waals surface area contributed by atoms with E-state index in [0.29, 0.717) is 5.56 Å². The predicted octanol–water partition coefficient (Wildman–Crippen LogP) is -4.66. The highest BCUT2D eigenvalue weighted by Gasteiger charge is 2.34. The van der Waals surface area contributed by atoms with Crippen molar-refractivity contribution < 1.29 is 44.1 Å². The van der Waals surface area contributed by atoms with Crippen LogP contribution in [0.1, 0.15) is 44.1 Å². The number of phenolic OH excluding ortho intramolecular Hbond substituents is 1. The molecule has 0 aromatic heterocycles. The molecule has 1 aliphatic heterocycles. The van der Waals surface area contributed by atoms with Gasteiger partial charge >= 0.3 is 5.97 Å². The van der Waals surface area contributed by atoms with Gasteiger partial charge < -0.3 is 64.8 Å². The fourth-order valence-corrected chi connectivity index (χ4v) is 4.71. The Morgan fingerprint density at radius 3 is 1.45 bits per heavy atom. The number of rotatable bonds is 14. The molecule has 0 bridgehead atoms. The second kappa shape index (κ2) is 19.9. The average Bonchev–Trinajstić information content (AvgIpc) is 3.04. The molecular weight excluding hydrogens is 646 g/mol. The van der Waals surface area contributed by atoms with Gasteiger partial charge in [0.1, 0.15) is 36.0 Å². The average molecular weight is 692 g/mol. The minimum Gasteiger partial charge on any atom is -0.508 e. The standard InChI is InChI=1S/C29H45N11O9/c30-28(31)34-11-1-3-17-23(45)38-19(9-10-22(43)44)25(47)39-20(13-15-5-7-16(42)8-6-15)26(48)36-18(4-2-12-35-29(32)33)24(46)40-21(14-41)27(49)37-17/h5-8,17-21,41-42H,1-4,9-14H2,(H,36,48)(H,37,49)(H,38,45)(H,39,47)(H,40,46)(H,43,44)(H4,30,31,34)(H4,32,33,35)/t17-,18-,19-,20-,21-/m0/s1. The number of aliphatic hydroxyl groups is 1. The van der Waals surface area contributed by atoms with Crippen LogP contribution >= 0.6 is 0 Å². The summed E-state index contributed by atoms with van der Waals surface area (Å²) in [6.07, 6.45) is -0.822. The molecule has 5 atom stereocenters. The van der Waals surface area contributed by atoms with Gasteiger partial charge in [-0.15, -0.1) is 0 Å². The van der Waals surface area contributed by atoms with Crippen molar-refractivity contribution in [2.75, 3.05) is 19.7 Å². The summed E-state index contributed by atoms with van der Waals surface area (Å²) in [4.78, 5) is 86.6. The van der Waals surface area contributed by atoms with Crippen molar-refractivity contribution in [3.8, 4) is 5.75 Å². The third-order valence-corrected chi connectivity index (χ3v) is 7.26. The molecule has 16 N–H and O–H groups in total. The molecule has 1 aromatic rings. The van der Waals surface area contributed by atoms with Crippen LogP contribution in [0.4, 0.5) is 0 Å². The number of aliphatic hydroxyl groups excluding tert-OH is 1. The van der Waals surface area contributed by atoms with Crippen molar-refractivity contribution in [3.63, 3.8) is 0 Å². The lowest BCUT2D eigenvalue weighted by atomic mass is 10.0. The number of nitrogens with zero attached hydrogens (tertiary/aromatic N) is 2. The smallest absolute Gasteiger partial charge is 0.303 e. The molecule has 1 fully saturated rings. The predicted molar refractivity (Wildman–Crippen MR) is 175 cm³/mol. The van der Waals surface area contributed by atoms with Gasteiger partial charge in [0.2, 0.25) is 29.5 Å². The lowest BCUT2D eigenvalue weighted by Gasteiger charge is -2.26. The van der Waals surface area contributed by atoms with Crippen molar-refractivity contribution in [3.05, 3.63) is 29.8 Å². The van der Waals surface area contributed by atoms with Crippen LogP contribution in [0.2, 0.25) is 0 Å². The maximum atomic E-state index is 13.7. The molecule has 270 valence electrons. The molecule has 20 nitrogen and oxygen atoms in total. The number of phenols is 1. The molecule has 0 aliphatic carbocycles. The number of hydrogen-bond donors (Lipinski definition) is 12. The molecular formula is C29H45N11O9. The van der Waals surface area contributed by atoms with E-state index in [1.54, 1.807) is 0 Å². The van der Waals surface area contributed by atoms with Crippen molar-refractivity contribution in [1.82, 2.24) is 26.6 Å². The van der Waals surface area contributed by atoms with E-state index < -0.39 is 78.7 Å². The van der Waals surface area contributed by atoms with Crippen molar-refractivity contribution in [2.45, 2.75) is 75.2 Å². The van der Waals surface area contributed by atoms with Gasteiger partial charge in [-0.3, -0.25) is 38.8 Å². The first-order valence-corrected chi connectivity index (χ1v) is 15.4. The van der Waals surface area contributed by atoms with Gasteiger partial charge in [-0.05, 0) is 49.8 Å². The molecule has 0 radical (unpaired) electrons. The van der Waals surface area contributed by atoms with E-state index in [2.05, 4.69) is 36.6 Å². The summed E-state index contributed by atoms with van der Waals surface area (Å²) >= 11 is 0. The number of carboxylic acids is 1. The number of benzene rings is 1. The van der Waals surface area contributed by atoms with Crippen LogP contribution in [0.5, 0.6) is 5.75 Å². The SMILES string of the molecule is NC(N)=NCCC[C@@H]1NC(=O)[C@H](CO)NC(=O)[C@H](CCCN=C(N)N)NC(=O)[C@H](Cc2ccc(O)cc2)NC(=O)[C@H](CCC(=O)O)NC1=O. The Kier molecular flexibility index (Phi) is 16.0. The van der Waals surface area contributed by atoms with Crippen LogP contribution in [0.15, 0.2) is 34.3 Å². The van der Waals surface area contributed by atoms with Gasteiger partial charge in [-0.1, -0.05) is 12.1 Å². The normalized spacial score (nSPS) is 22.1. The first-order valence-electron chi connectivity index (χ1n) is 15.4. The number of carboxylic acid groups (broad SMARTS) is 1. The van der Waals surface area contributed by atoms with Gasteiger partial charge in [-0.25, -0.2) is 0 Å². The van der Waals surface area contributed by atoms with Gasteiger partial charge in [0, 0.05) is 25.9 Å². The van der Waals surface area contributed by atoms with E-state index >= 15 is 0 Å². The Balaban J connectivity index is 2.56. The highest BCUT2D eigenvalue weighted by Crippen LogP contribution is 2.13. The van der Waals surface area contributed by atoms with Gasteiger partial charge in [0.15, 0.2) is 11.9 Å². The van der Waals surface area contributed by atoms with Crippen LogP contribution in [0.25, 0.3) is 0 Å². The van der Waals surface area contributed by atoms with Gasteiger partial charge in [0.25, 0.3) is 0 Å². The highest BCUT2D eigenvalue weighted by molar-refractivity contribution is 5.98. The number of aliphatic carboxylic acids is 1. The maximum Gasteiger partial charge on any atom is 0.303 e. The number of carbonyl (C=O) groups is 6. The first-order chi connectivity index (χ1) is 23.2. The number of nitrogens with two attached hydrogens (primary N) is 4. The highest BCUT2D eigenvalue weighted by atomic mass is 16.4. The minimum atomic E-state index is -1.57. The summed E-state index contributed by atoms with van der Waals surface area (Å²) in [5.74, 6) is -6.21. The summed E-state index contributed by atoms with van der Waals surface area (Å²) in [5, 5.41) is 41.4. The van der Waals surface area contributed by atoms with E-state index in [1.807, 2.05) is 0 Å². The molecule has 1 aromatic carbocycles. The maximum absolute atomic E-state index is 13.7. The number of hydrogen-bond acceptors (Lipinski definition) is 10. The summed E-state index contributed by atoms with van der Waals surface area (Å²) < 4.78 is 0. The number of amides is 5. The molecule has 0 saturated carbocycles. The molecule has 0 unspecified atom stereocenters. The van der Waals surface area contributed by atoms with Crippen molar-refractivity contribution in [2.24, 2.45) is 32.9 Å². The zero-order chi connectivity index (χ0) is 36.5. The third-order valence-electron chi connectivity index (χ3n) is 7.26. The van der Waals surface area contributed by atoms with Crippen LogP contribution in [-0.2, 0) is 35.2 Å². The molecule has 0 spiro atoms. The number of nitrogens with one attached hydrogen (secondary N) is 5. The van der Waals surface area contributed by atoms with Gasteiger partial charge in [-0.2, -0.15) is 0 Å². The summed E-state index contributed by atoms with van der Waals surface area (Å²) in [7, 11) is 0. The topological polar surface area (TPSA) is 352 Å². The van der Waals surface area contributed by atoms with E-state index in [9.17, 15) is 44.1 Å². The number of aliphatic imine (C=N–C) groups is 2. The third kappa shape index (κ3) is 14.3. The van der Waals surface area contributed by atoms with Crippen molar-refractivity contribution >= 4 is 47.4 Å². The van der Waals surface area contributed by atoms with Crippen LogP contribution in [-0.4, -0.2) is 113 Å². The fourth-order valence-electron chi connectivity index (χ4n) is 4.71. The van der Waals surface area contributed by atoms with E-state index in [4.69, 9.17) is 22.9 Å². The Morgan fingerprint density at radius 2 is 1.02 bits per heavy atom. The number of aromatic hydroxyl groups is 1. The molecule has 1 heterocycles. The Hall–Kier alpha value is -5.66. The Morgan fingerprint density at radius 1 is 0.633 bits per heavy atom. The molecule has 2 rings (SSSR count). The lowest BCUT2D eigenvalue weighted by molar-refractivity contribution is -0.138. The van der Waals surface area contributed by atoms with Crippen LogP contribution < -0.4 is 49.5 Å². The monoisotopic (exact) mass is 691 g/mol. The molecule has 1 saturated heterocycles. The largest absolute Gasteiger partial charge is 0.508 e. The summed E-state index contributed by atoms with van der Waals surface area (Å²) in [6, 6.07) is -1.35. The number of guanidine groups is 2. The lowest BCUT2D eigenvalue weighted by Crippen LogP contribution is -2.58. The first kappa shape index (κ1) is 39.5. The van der Waals surface area contributed by atoms with Crippen LogP contribution in [0, 0.1) is 0 Å². The molecule has 5 amide bonds. The van der Waals surface area contributed by atoms with Crippen molar-refractivity contribution in [1.29, 1.82) is 0 Å². The summed E-state index contributed by atoms with van der Waals surface area (Å²) in [5.41, 5.74) is 22.0. The van der Waals surface area contributed by atoms with Gasteiger partial charge in [0.05, 0.1) is 6.61 Å². The molecule has 1 aliphatic rings. The minimum absolute atomic E-state index is 0.0390. The second-order valence-corrected chi connectivity index (χ2v) is 11.2. The zero-order valence-corrected chi connectivity index (χ0v) is 26.8. The quantitative estimate of drug-likeness (QED) is 0.0496. The second-order valence-electron chi connectivity index (χ2n) is 11.2. The molecule has 20 heteroatoms. The van der Waals surface area contributed by atoms with Crippen LogP contribution in [0.3, 0.4) is 0 Å². The van der Waals surface area contributed by atoms with E-state index in [-0.39, 0.29) is 69.3 Å². The Bertz CT molecular complexity index is 1380. The van der Waals surface area contributed by atoms with E-state index in [1.165, 1.54) is 24.3 Å². The summed E-state index contributed by atoms with van der Waals surface area (Å²) in [6.45, 7) is -0.737. The molecule has 49 heavy (non-hydrogen) atoms. The van der Waals surface area contributed by atoms with E-state index in [0.717, 1.165) is 0 Å². The fraction of sp³-hybridized carbons (Fsp3) is 0.517. The Labute approximate surface area is 281 Å². The number of carbonyl (C=O) groups excluding carboxylic acids is 5.